The van der Waals surface area contributed by atoms with Gasteiger partial charge in [0, 0.05) is 23.7 Å². The summed E-state index contributed by atoms with van der Waals surface area (Å²) in [6, 6.07) is 22.6. The van der Waals surface area contributed by atoms with Crippen LogP contribution in [0.15, 0.2) is 66.7 Å². The topological polar surface area (TPSA) is 37.8 Å². The largest absolute Gasteiger partial charge is 0.370 e. The highest BCUT2D eigenvalue weighted by atomic mass is 15.0. The maximum atomic E-state index is 4.83. The fraction of sp³-hybridized carbons (Fsp3) is 0.429. The zero-order valence-corrected chi connectivity index (χ0v) is 19.0. The molecule has 1 aromatic heterocycles. The van der Waals surface area contributed by atoms with E-state index in [9.17, 15) is 0 Å². The summed E-state index contributed by atoms with van der Waals surface area (Å²) in [5.41, 5.74) is 3.12. The Hall–Kier alpha value is -2.68. The number of unbranched alkanes of at least 4 members (excludes halogenated alkanes) is 9. The molecule has 0 aliphatic heterocycles. The quantitative estimate of drug-likeness (QED) is 0.270. The minimum absolute atomic E-state index is 0.771. The van der Waals surface area contributed by atoms with Crippen molar-refractivity contribution in [1.29, 1.82) is 0 Å². The highest BCUT2D eigenvalue weighted by Crippen LogP contribution is 2.24. The molecular formula is C28H37N3. The number of nitrogens with zero attached hydrogens (tertiary/aromatic N) is 2. The van der Waals surface area contributed by atoms with E-state index in [2.05, 4.69) is 54.7 Å². The van der Waals surface area contributed by atoms with Crippen LogP contribution in [0.2, 0.25) is 0 Å². The molecule has 0 bridgehead atoms. The van der Waals surface area contributed by atoms with Crippen molar-refractivity contribution in [1.82, 2.24) is 9.97 Å². The van der Waals surface area contributed by atoms with Crippen LogP contribution in [0.25, 0.3) is 22.6 Å². The van der Waals surface area contributed by atoms with Crippen molar-refractivity contribution >= 4 is 5.82 Å². The van der Waals surface area contributed by atoms with Crippen molar-refractivity contribution in [2.75, 3.05) is 11.9 Å². The van der Waals surface area contributed by atoms with Gasteiger partial charge in [0.1, 0.15) is 5.82 Å². The molecule has 2 aromatic carbocycles. The first-order valence-electron chi connectivity index (χ1n) is 12.1. The monoisotopic (exact) mass is 415 g/mol. The van der Waals surface area contributed by atoms with Crippen LogP contribution in [-0.2, 0) is 0 Å². The summed E-state index contributed by atoms with van der Waals surface area (Å²) >= 11 is 0. The molecule has 1 N–H and O–H groups in total. The average Bonchev–Trinajstić information content (AvgIpc) is 2.83. The van der Waals surface area contributed by atoms with Crippen LogP contribution in [0, 0.1) is 0 Å². The lowest BCUT2D eigenvalue weighted by Crippen LogP contribution is -2.05. The Kier molecular flexibility index (Phi) is 10.1. The van der Waals surface area contributed by atoms with Crippen molar-refractivity contribution in [3.8, 4) is 22.6 Å². The molecule has 0 saturated carbocycles. The van der Waals surface area contributed by atoms with Gasteiger partial charge in [0.05, 0.1) is 5.69 Å². The van der Waals surface area contributed by atoms with Gasteiger partial charge in [-0.2, -0.15) is 0 Å². The van der Waals surface area contributed by atoms with Crippen molar-refractivity contribution in [3.05, 3.63) is 66.7 Å². The van der Waals surface area contributed by atoms with Gasteiger partial charge in [-0.25, -0.2) is 9.97 Å². The Morgan fingerprint density at radius 3 is 1.77 bits per heavy atom. The third-order valence-corrected chi connectivity index (χ3v) is 5.66. The van der Waals surface area contributed by atoms with E-state index in [-0.39, 0.29) is 0 Å². The van der Waals surface area contributed by atoms with Crippen molar-refractivity contribution in [3.63, 3.8) is 0 Å². The number of aromatic nitrogens is 2. The van der Waals surface area contributed by atoms with Gasteiger partial charge in [-0.1, -0.05) is 125 Å². The molecule has 3 rings (SSSR count). The summed E-state index contributed by atoms with van der Waals surface area (Å²) in [5.74, 6) is 1.68. The highest BCUT2D eigenvalue weighted by molar-refractivity contribution is 5.67. The second kappa shape index (κ2) is 13.6. The molecule has 3 heteroatoms. The SMILES string of the molecule is CCCCCCCCCCCCNc1cc(-c2ccccc2)nc(-c2ccccc2)n1. The van der Waals surface area contributed by atoms with E-state index < -0.39 is 0 Å². The normalized spacial score (nSPS) is 10.9. The van der Waals surface area contributed by atoms with E-state index in [1.165, 1.54) is 64.2 Å². The van der Waals surface area contributed by atoms with E-state index in [1.807, 2.05) is 24.3 Å². The molecule has 31 heavy (non-hydrogen) atoms. The zero-order valence-electron chi connectivity index (χ0n) is 19.0. The summed E-state index contributed by atoms with van der Waals surface area (Å²) in [6.07, 6.45) is 13.5. The lowest BCUT2D eigenvalue weighted by Gasteiger charge is -2.11. The summed E-state index contributed by atoms with van der Waals surface area (Å²) in [7, 11) is 0. The molecule has 1 heterocycles. The van der Waals surface area contributed by atoms with Crippen LogP contribution < -0.4 is 5.32 Å². The Morgan fingerprint density at radius 2 is 1.16 bits per heavy atom. The van der Waals surface area contributed by atoms with Gasteiger partial charge in [0.2, 0.25) is 0 Å². The molecule has 0 aliphatic rings. The Morgan fingerprint density at radius 1 is 0.613 bits per heavy atom. The first-order chi connectivity index (χ1) is 15.4. The number of hydrogen-bond donors (Lipinski definition) is 1. The molecule has 164 valence electrons. The molecule has 0 atom stereocenters. The minimum atomic E-state index is 0.771. The predicted octanol–water partition coefficient (Wildman–Crippen LogP) is 8.14. The van der Waals surface area contributed by atoms with Crippen LogP contribution in [0.1, 0.15) is 71.1 Å². The Labute approximate surface area is 188 Å². The van der Waals surface area contributed by atoms with E-state index in [4.69, 9.17) is 9.97 Å². The molecule has 0 fully saturated rings. The average molecular weight is 416 g/mol. The number of nitrogens with one attached hydrogen (secondary N) is 1. The Balaban J connectivity index is 1.50. The van der Waals surface area contributed by atoms with E-state index >= 15 is 0 Å². The fourth-order valence-corrected chi connectivity index (χ4v) is 3.84. The van der Waals surface area contributed by atoms with Crippen LogP contribution in [0.3, 0.4) is 0 Å². The van der Waals surface area contributed by atoms with E-state index in [1.54, 1.807) is 0 Å². The smallest absolute Gasteiger partial charge is 0.162 e. The number of hydrogen-bond acceptors (Lipinski definition) is 3. The maximum Gasteiger partial charge on any atom is 0.162 e. The minimum Gasteiger partial charge on any atom is -0.370 e. The van der Waals surface area contributed by atoms with Gasteiger partial charge in [-0.3, -0.25) is 0 Å². The summed E-state index contributed by atoms with van der Waals surface area (Å²) in [4.78, 5) is 9.62. The predicted molar refractivity (Wildman–Crippen MR) is 133 cm³/mol. The van der Waals surface area contributed by atoms with Crippen LogP contribution in [-0.4, -0.2) is 16.5 Å². The number of rotatable bonds is 14. The Bertz CT molecular complexity index is 804. The first kappa shape index (κ1) is 23.0. The molecule has 3 aromatic rings. The third-order valence-electron chi connectivity index (χ3n) is 5.66. The molecule has 0 aliphatic carbocycles. The molecule has 0 spiro atoms. The van der Waals surface area contributed by atoms with E-state index in [0.717, 1.165) is 35.0 Å². The van der Waals surface area contributed by atoms with Gasteiger partial charge >= 0.3 is 0 Å². The first-order valence-corrected chi connectivity index (χ1v) is 12.1. The van der Waals surface area contributed by atoms with Crippen molar-refractivity contribution in [2.45, 2.75) is 71.1 Å². The third kappa shape index (κ3) is 8.16. The number of anilines is 1. The fourth-order valence-electron chi connectivity index (χ4n) is 3.84. The molecule has 3 nitrogen and oxygen atoms in total. The molecule has 0 unspecified atom stereocenters. The maximum absolute atomic E-state index is 4.83. The van der Waals surface area contributed by atoms with Gasteiger partial charge in [0.15, 0.2) is 5.82 Å². The second-order valence-electron chi connectivity index (χ2n) is 8.30. The van der Waals surface area contributed by atoms with Crippen molar-refractivity contribution in [2.24, 2.45) is 0 Å². The zero-order chi connectivity index (χ0) is 21.6. The van der Waals surface area contributed by atoms with Gasteiger partial charge in [-0.15, -0.1) is 0 Å². The van der Waals surface area contributed by atoms with Crippen LogP contribution in [0.5, 0.6) is 0 Å². The summed E-state index contributed by atoms with van der Waals surface area (Å²) < 4.78 is 0. The van der Waals surface area contributed by atoms with Crippen LogP contribution in [0.4, 0.5) is 5.82 Å². The van der Waals surface area contributed by atoms with E-state index in [0.29, 0.717) is 0 Å². The van der Waals surface area contributed by atoms with Gasteiger partial charge in [-0.05, 0) is 6.42 Å². The van der Waals surface area contributed by atoms with Crippen LogP contribution >= 0.6 is 0 Å². The molecule has 0 amide bonds. The standard InChI is InChI=1S/C28H37N3/c1-2-3-4-5-6-7-8-9-10-17-22-29-27-23-26(24-18-13-11-14-19-24)30-28(31-27)25-20-15-12-16-21-25/h11-16,18-21,23H,2-10,17,22H2,1H3,(H,29,30,31). The summed E-state index contributed by atoms with van der Waals surface area (Å²) in [6.45, 7) is 3.23. The highest BCUT2D eigenvalue weighted by Gasteiger charge is 2.08. The lowest BCUT2D eigenvalue weighted by atomic mass is 10.1. The van der Waals surface area contributed by atoms with Gasteiger partial charge in [0.25, 0.3) is 0 Å². The molecular weight excluding hydrogens is 378 g/mol. The summed E-state index contributed by atoms with van der Waals surface area (Å²) in [5, 5.41) is 3.54. The molecule has 0 saturated heterocycles. The second-order valence-corrected chi connectivity index (χ2v) is 8.30. The van der Waals surface area contributed by atoms with Gasteiger partial charge < -0.3 is 5.32 Å². The lowest BCUT2D eigenvalue weighted by molar-refractivity contribution is 0.560. The number of benzene rings is 2. The molecule has 0 radical (unpaired) electrons. The van der Waals surface area contributed by atoms with Crippen molar-refractivity contribution < 1.29 is 0 Å².